The van der Waals surface area contributed by atoms with Gasteiger partial charge in [-0.25, -0.2) is 0 Å². The van der Waals surface area contributed by atoms with Gasteiger partial charge in [0.1, 0.15) is 0 Å². The fourth-order valence-corrected chi connectivity index (χ4v) is 4.34. The van der Waals surface area contributed by atoms with E-state index in [1.165, 1.54) is 31.4 Å². The molecule has 0 aromatic carbocycles. The molecule has 16 heavy (non-hydrogen) atoms. The first-order valence-corrected chi connectivity index (χ1v) is 8.44. The number of amides is 1. The third-order valence-electron chi connectivity index (χ3n) is 3.50. The summed E-state index contributed by atoms with van der Waals surface area (Å²) < 4.78 is 0. The zero-order chi connectivity index (χ0) is 11.4. The van der Waals surface area contributed by atoms with Gasteiger partial charge in [-0.3, -0.25) is 4.79 Å². The lowest BCUT2D eigenvalue weighted by Crippen LogP contribution is -2.45. The van der Waals surface area contributed by atoms with Crippen molar-refractivity contribution in [3.8, 4) is 0 Å². The summed E-state index contributed by atoms with van der Waals surface area (Å²) in [4.78, 5) is 14.4. The van der Waals surface area contributed by atoms with E-state index < -0.39 is 0 Å². The van der Waals surface area contributed by atoms with Gasteiger partial charge in [0, 0.05) is 18.4 Å². The van der Waals surface area contributed by atoms with Crippen LogP contribution >= 0.6 is 27.7 Å². The number of carbonyl (C=O) groups excluding carboxylic acids is 1. The van der Waals surface area contributed by atoms with Crippen LogP contribution in [0.5, 0.6) is 0 Å². The lowest BCUT2D eigenvalue weighted by molar-refractivity contribution is -0.132. The van der Waals surface area contributed by atoms with E-state index in [4.69, 9.17) is 0 Å². The van der Waals surface area contributed by atoms with Crippen LogP contribution in [-0.4, -0.2) is 40.2 Å². The molecule has 1 amide bonds. The molecule has 0 spiro atoms. The van der Waals surface area contributed by atoms with E-state index >= 15 is 0 Å². The quantitative estimate of drug-likeness (QED) is 0.731. The van der Waals surface area contributed by atoms with E-state index in [9.17, 15) is 4.79 Å². The summed E-state index contributed by atoms with van der Waals surface area (Å²) in [5, 5.41) is 1.30. The largest absolute Gasteiger partial charge is 0.341 e. The molecule has 92 valence electrons. The maximum absolute atomic E-state index is 12.3. The molecular formula is C12H20BrNOS. The van der Waals surface area contributed by atoms with Crippen LogP contribution in [0.2, 0.25) is 0 Å². The first-order valence-electron chi connectivity index (χ1n) is 6.27. The number of alkyl halides is 1. The Morgan fingerprint density at radius 2 is 2.19 bits per heavy atom. The molecule has 0 saturated carbocycles. The predicted octanol–water partition coefficient (Wildman–Crippen LogP) is 2.91. The zero-order valence-electron chi connectivity index (χ0n) is 9.66. The standard InChI is InChI=1S/C12H20BrNOS/c13-8-10-4-3-6-14(9-10)12(15)11-5-1-2-7-16-11/h10-11H,1-9H2. The molecule has 4 heteroatoms. The Morgan fingerprint density at radius 1 is 1.31 bits per heavy atom. The van der Waals surface area contributed by atoms with Crippen LogP contribution in [0.4, 0.5) is 0 Å². The molecule has 0 aliphatic carbocycles. The van der Waals surface area contributed by atoms with Gasteiger partial charge in [-0.15, -0.1) is 11.8 Å². The van der Waals surface area contributed by atoms with Gasteiger partial charge in [-0.2, -0.15) is 0 Å². The lowest BCUT2D eigenvalue weighted by atomic mass is 9.99. The summed E-state index contributed by atoms with van der Waals surface area (Å²) in [7, 11) is 0. The van der Waals surface area contributed by atoms with Crippen molar-refractivity contribution in [1.29, 1.82) is 0 Å². The summed E-state index contributed by atoms with van der Waals surface area (Å²) in [5.41, 5.74) is 0. The summed E-state index contributed by atoms with van der Waals surface area (Å²) in [6, 6.07) is 0. The summed E-state index contributed by atoms with van der Waals surface area (Å²) >= 11 is 5.41. The maximum atomic E-state index is 12.3. The number of rotatable bonds is 2. The molecule has 2 nitrogen and oxygen atoms in total. The molecule has 0 N–H and O–H groups in total. The Hall–Kier alpha value is 0.300. The van der Waals surface area contributed by atoms with Gasteiger partial charge >= 0.3 is 0 Å². The Kier molecular flexibility index (Phi) is 5.01. The van der Waals surface area contributed by atoms with Gasteiger partial charge in [0.15, 0.2) is 0 Å². The summed E-state index contributed by atoms with van der Waals surface area (Å²) in [6.07, 6.45) is 6.07. The number of likely N-dealkylation sites (tertiary alicyclic amines) is 1. The monoisotopic (exact) mass is 305 g/mol. The second kappa shape index (κ2) is 6.29. The van der Waals surface area contributed by atoms with E-state index in [2.05, 4.69) is 20.8 Å². The summed E-state index contributed by atoms with van der Waals surface area (Å²) in [5.74, 6) is 2.26. The highest BCUT2D eigenvalue weighted by Crippen LogP contribution is 2.28. The average molecular weight is 306 g/mol. The third kappa shape index (κ3) is 3.16. The van der Waals surface area contributed by atoms with Crippen molar-refractivity contribution < 1.29 is 4.79 Å². The average Bonchev–Trinajstić information content (AvgIpc) is 2.39. The minimum Gasteiger partial charge on any atom is -0.341 e. The van der Waals surface area contributed by atoms with Crippen molar-refractivity contribution in [2.75, 3.05) is 24.2 Å². The van der Waals surface area contributed by atoms with E-state index in [-0.39, 0.29) is 5.25 Å². The van der Waals surface area contributed by atoms with Gasteiger partial charge in [0.05, 0.1) is 5.25 Å². The van der Waals surface area contributed by atoms with Crippen LogP contribution < -0.4 is 0 Å². The molecule has 0 aromatic heterocycles. The number of piperidine rings is 1. The van der Waals surface area contributed by atoms with Crippen molar-refractivity contribution in [2.24, 2.45) is 5.92 Å². The molecule has 0 aromatic rings. The molecule has 2 aliphatic heterocycles. The Morgan fingerprint density at radius 3 is 2.88 bits per heavy atom. The van der Waals surface area contributed by atoms with E-state index in [0.717, 1.165) is 24.8 Å². The number of nitrogens with zero attached hydrogens (tertiary/aromatic N) is 1. The fourth-order valence-electron chi connectivity index (χ4n) is 2.53. The number of carbonyl (C=O) groups is 1. The van der Waals surface area contributed by atoms with Crippen LogP contribution in [0.3, 0.4) is 0 Å². The molecule has 0 radical (unpaired) electrons. The number of hydrogen-bond acceptors (Lipinski definition) is 2. The fraction of sp³-hybridized carbons (Fsp3) is 0.917. The minimum absolute atomic E-state index is 0.267. The highest BCUT2D eigenvalue weighted by Gasteiger charge is 2.29. The van der Waals surface area contributed by atoms with Crippen molar-refractivity contribution in [3.63, 3.8) is 0 Å². The van der Waals surface area contributed by atoms with Crippen LogP contribution in [-0.2, 0) is 4.79 Å². The zero-order valence-corrected chi connectivity index (χ0v) is 12.1. The Bertz CT molecular complexity index is 243. The van der Waals surface area contributed by atoms with Crippen molar-refractivity contribution in [1.82, 2.24) is 4.90 Å². The topological polar surface area (TPSA) is 20.3 Å². The van der Waals surface area contributed by atoms with Gasteiger partial charge in [0.2, 0.25) is 5.91 Å². The highest BCUT2D eigenvalue weighted by atomic mass is 79.9. The van der Waals surface area contributed by atoms with Gasteiger partial charge in [-0.05, 0) is 37.4 Å². The van der Waals surface area contributed by atoms with Crippen molar-refractivity contribution >= 4 is 33.6 Å². The van der Waals surface area contributed by atoms with Gasteiger partial charge in [0.25, 0.3) is 0 Å². The number of thioether (sulfide) groups is 1. The smallest absolute Gasteiger partial charge is 0.235 e. The summed E-state index contributed by atoms with van der Waals surface area (Å²) in [6.45, 7) is 1.96. The molecule has 2 saturated heterocycles. The van der Waals surface area contributed by atoms with Crippen molar-refractivity contribution in [3.05, 3.63) is 0 Å². The minimum atomic E-state index is 0.267. The molecule has 2 heterocycles. The lowest BCUT2D eigenvalue weighted by Gasteiger charge is -2.35. The molecule has 0 bridgehead atoms. The molecule has 2 atom stereocenters. The Balaban J connectivity index is 1.87. The van der Waals surface area contributed by atoms with Gasteiger partial charge < -0.3 is 4.90 Å². The molecule has 2 aliphatic rings. The first-order chi connectivity index (χ1) is 7.81. The first kappa shape index (κ1) is 12.7. The van der Waals surface area contributed by atoms with Crippen LogP contribution in [0, 0.1) is 5.92 Å². The van der Waals surface area contributed by atoms with E-state index in [0.29, 0.717) is 11.8 Å². The second-order valence-corrected chi connectivity index (χ2v) is 6.76. The Labute approximate surface area is 111 Å². The second-order valence-electron chi connectivity index (χ2n) is 4.80. The normalized spacial score (nSPS) is 31.4. The molecular weight excluding hydrogens is 286 g/mol. The number of hydrogen-bond donors (Lipinski definition) is 0. The molecule has 2 unspecified atom stereocenters. The maximum Gasteiger partial charge on any atom is 0.235 e. The van der Waals surface area contributed by atoms with Crippen LogP contribution in [0.15, 0.2) is 0 Å². The van der Waals surface area contributed by atoms with E-state index in [1.54, 1.807) is 0 Å². The third-order valence-corrected chi connectivity index (χ3v) is 5.78. The van der Waals surface area contributed by atoms with Crippen molar-refractivity contribution in [2.45, 2.75) is 37.4 Å². The number of halogens is 1. The predicted molar refractivity (Wildman–Crippen MR) is 73.2 cm³/mol. The van der Waals surface area contributed by atoms with E-state index in [1.807, 2.05) is 11.8 Å². The van der Waals surface area contributed by atoms with Gasteiger partial charge in [-0.1, -0.05) is 22.4 Å². The SMILES string of the molecule is O=C(C1CCCCS1)N1CCCC(CBr)C1. The molecule has 2 fully saturated rings. The molecule has 2 rings (SSSR count). The van der Waals surface area contributed by atoms with Crippen LogP contribution in [0.1, 0.15) is 32.1 Å². The highest BCUT2D eigenvalue weighted by molar-refractivity contribution is 9.09. The van der Waals surface area contributed by atoms with Crippen LogP contribution in [0.25, 0.3) is 0 Å².